The number of rotatable bonds is 0. The maximum atomic E-state index is 14.0. The van der Waals surface area contributed by atoms with Gasteiger partial charge in [0.1, 0.15) is 11.7 Å². The number of hydrogen-bond acceptors (Lipinski definition) is 5. The van der Waals surface area contributed by atoms with Crippen LogP contribution in [0.25, 0.3) is 0 Å². The third-order valence-corrected chi connectivity index (χ3v) is 8.23. The van der Waals surface area contributed by atoms with Gasteiger partial charge in [0.05, 0.1) is 18.1 Å². The van der Waals surface area contributed by atoms with Gasteiger partial charge in [-0.05, 0) is 47.7 Å². The van der Waals surface area contributed by atoms with Crippen molar-refractivity contribution in [3.8, 4) is 0 Å². The second-order valence-corrected chi connectivity index (χ2v) is 9.63. The number of carbonyl (C=O) groups is 1. The Morgan fingerprint density at radius 1 is 1.35 bits per heavy atom. The molecule has 0 amide bonds. The van der Waals surface area contributed by atoms with Crippen molar-refractivity contribution >= 4 is 13.5 Å². The zero-order valence-electron chi connectivity index (χ0n) is 15.7. The van der Waals surface area contributed by atoms with Crippen LogP contribution in [0.2, 0.25) is 0 Å². The summed E-state index contributed by atoms with van der Waals surface area (Å²) in [5.41, 5.74) is -1.29. The highest BCUT2D eigenvalue weighted by Crippen LogP contribution is 2.71. The average molecular weight is 357 g/mol. The summed E-state index contributed by atoms with van der Waals surface area (Å²) in [4.78, 5) is 14.0. The van der Waals surface area contributed by atoms with E-state index in [9.17, 15) is 15.0 Å². The molecule has 2 N–H and O–H groups in total. The van der Waals surface area contributed by atoms with Gasteiger partial charge in [-0.3, -0.25) is 4.79 Å². The highest BCUT2D eigenvalue weighted by molar-refractivity contribution is 6.18. The van der Waals surface area contributed by atoms with E-state index in [4.69, 9.17) is 9.31 Å². The van der Waals surface area contributed by atoms with E-state index in [2.05, 4.69) is 13.8 Å². The minimum atomic E-state index is -1.70. The summed E-state index contributed by atoms with van der Waals surface area (Å²) in [5, 5.41) is 23.0. The average Bonchev–Trinajstić information content (AvgIpc) is 3.10. The lowest BCUT2D eigenvalue weighted by Crippen LogP contribution is -2.66. The molecule has 4 aliphatic carbocycles. The van der Waals surface area contributed by atoms with E-state index in [0.717, 1.165) is 12.0 Å². The van der Waals surface area contributed by atoms with E-state index >= 15 is 0 Å². The van der Waals surface area contributed by atoms with E-state index in [1.165, 1.54) is 7.69 Å². The molecule has 6 heteroatoms. The molecular weight excluding hydrogens is 331 g/mol. The molecule has 5 aliphatic rings. The van der Waals surface area contributed by atoms with E-state index in [-0.39, 0.29) is 35.6 Å². The van der Waals surface area contributed by atoms with Gasteiger partial charge < -0.3 is 19.5 Å². The largest absolute Gasteiger partial charge is 0.488 e. The lowest BCUT2D eigenvalue weighted by molar-refractivity contribution is -0.189. The summed E-state index contributed by atoms with van der Waals surface area (Å²) in [6.45, 7) is 8.60. The van der Waals surface area contributed by atoms with Gasteiger partial charge in [0.2, 0.25) is 0 Å². The first-order valence-corrected chi connectivity index (χ1v) is 9.60. The Bertz CT molecular complexity index is 757. The molecule has 1 aliphatic heterocycles. The van der Waals surface area contributed by atoms with Gasteiger partial charge >= 0.3 is 7.69 Å². The molecule has 1 saturated heterocycles. The molecule has 5 rings (SSSR count). The summed E-state index contributed by atoms with van der Waals surface area (Å²) in [6.07, 6.45) is 2.81. The molecule has 0 aromatic heterocycles. The van der Waals surface area contributed by atoms with Crippen LogP contribution < -0.4 is 0 Å². The second-order valence-electron chi connectivity index (χ2n) is 9.63. The Hall–Kier alpha value is -0.945. The Morgan fingerprint density at radius 3 is 2.81 bits per heavy atom. The topological polar surface area (TPSA) is 76.0 Å². The fraction of sp³-hybridized carbons (Fsp3) is 0.750. The fourth-order valence-electron chi connectivity index (χ4n) is 6.81. The molecule has 5 nitrogen and oxygen atoms in total. The van der Waals surface area contributed by atoms with E-state index < -0.39 is 23.2 Å². The summed E-state index contributed by atoms with van der Waals surface area (Å²) < 4.78 is 11.1. The number of aliphatic hydroxyl groups excluding tert-OH is 1. The third kappa shape index (κ3) is 1.67. The number of allylic oxidation sites excluding steroid dienone is 1. The normalized spacial score (nSPS) is 53.8. The van der Waals surface area contributed by atoms with Gasteiger partial charge in [-0.2, -0.15) is 0 Å². The van der Waals surface area contributed by atoms with Crippen LogP contribution in [0.5, 0.6) is 0 Å². The van der Waals surface area contributed by atoms with Crippen LogP contribution in [0.1, 0.15) is 34.1 Å². The number of fused-ring (bicyclic) bond motifs is 5. The second kappa shape index (κ2) is 4.91. The van der Waals surface area contributed by atoms with Crippen LogP contribution in [-0.4, -0.2) is 48.1 Å². The van der Waals surface area contributed by atoms with Crippen LogP contribution in [-0.2, 0) is 14.1 Å². The van der Waals surface area contributed by atoms with Crippen molar-refractivity contribution in [3.63, 3.8) is 0 Å². The predicted octanol–water partition coefficient (Wildman–Crippen LogP) is 1.41. The van der Waals surface area contributed by atoms with Crippen LogP contribution in [0.15, 0.2) is 23.3 Å². The van der Waals surface area contributed by atoms with Crippen molar-refractivity contribution < 1.29 is 24.3 Å². The molecule has 0 aromatic carbocycles. The quantitative estimate of drug-likeness (QED) is 0.507. The van der Waals surface area contributed by atoms with E-state index in [1.54, 1.807) is 6.92 Å². The minimum Gasteiger partial charge on any atom is -0.409 e. The van der Waals surface area contributed by atoms with Crippen LogP contribution >= 0.6 is 0 Å². The van der Waals surface area contributed by atoms with Crippen LogP contribution in [0, 0.1) is 34.5 Å². The molecular formula is C20H26BO5. The van der Waals surface area contributed by atoms with Gasteiger partial charge in [0.15, 0.2) is 5.78 Å². The number of aliphatic hydroxyl groups is 2. The van der Waals surface area contributed by atoms with Gasteiger partial charge in [-0.25, -0.2) is 0 Å². The summed E-state index contributed by atoms with van der Waals surface area (Å²) in [7, 11) is 1.23. The monoisotopic (exact) mass is 357 g/mol. The minimum absolute atomic E-state index is 0.0342. The van der Waals surface area contributed by atoms with Crippen molar-refractivity contribution in [2.45, 2.75) is 51.9 Å². The zero-order valence-corrected chi connectivity index (χ0v) is 15.7. The molecule has 139 valence electrons. The number of hydrogen-bond donors (Lipinski definition) is 2. The van der Waals surface area contributed by atoms with E-state index in [0.29, 0.717) is 11.5 Å². The van der Waals surface area contributed by atoms with Crippen molar-refractivity contribution in [1.29, 1.82) is 0 Å². The van der Waals surface area contributed by atoms with Gasteiger partial charge in [0, 0.05) is 5.92 Å². The van der Waals surface area contributed by atoms with Crippen LogP contribution in [0.3, 0.4) is 0 Å². The fourth-order valence-corrected chi connectivity index (χ4v) is 6.81. The maximum Gasteiger partial charge on any atom is 0.488 e. The van der Waals surface area contributed by atoms with Gasteiger partial charge in [-0.15, -0.1) is 0 Å². The van der Waals surface area contributed by atoms with Crippen LogP contribution in [0.4, 0.5) is 0 Å². The molecule has 8 atom stereocenters. The predicted molar refractivity (Wildman–Crippen MR) is 94.8 cm³/mol. The van der Waals surface area contributed by atoms with E-state index in [1.807, 2.05) is 19.1 Å². The summed E-state index contributed by atoms with van der Waals surface area (Å²) >= 11 is 0. The lowest BCUT2D eigenvalue weighted by Gasteiger charge is -2.50. The molecule has 0 aromatic rings. The number of Topliss-reactive ketones (excluding diaryl/α,β-unsaturated/α-hetero) is 1. The van der Waals surface area contributed by atoms with Crippen molar-refractivity contribution in [2.75, 3.05) is 6.61 Å². The Kier molecular flexibility index (Phi) is 3.24. The molecule has 1 spiro atoms. The van der Waals surface area contributed by atoms with Gasteiger partial charge in [0.25, 0.3) is 0 Å². The van der Waals surface area contributed by atoms with Crippen molar-refractivity contribution in [3.05, 3.63) is 23.3 Å². The number of ketones is 1. The Balaban J connectivity index is 1.78. The smallest absolute Gasteiger partial charge is 0.409 e. The Labute approximate surface area is 154 Å². The first kappa shape index (κ1) is 17.2. The molecule has 1 unspecified atom stereocenters. The summed E-state index contributed by atoms with van der Waals surface area (Å²) in [5.74, 6) is 0.403. The standard InChI is InChI=1S/C20H26BO5/c1-9-7-19-10(2)5-13-14(18(13,3)4)12(16(19)23)6-11-8-25-21-26-17(11)20(19,24)15(9)22/h6-7,10,12-15,17,22,24H,5,8H2,1-4H3/t10?,12-,13+,14-,15-,17+,19+,20+/m0/s1. The highest BCUT2D eigenvalue weighted by Gasteiger charge is 2.76. The SMILES string of the molecule is CC1=C[C@@]23C(=O)[C@@H](C=C4CO[B]O[C@H]4[C@]2(O)[C@H]1O)[C@H]1[C@@H](CC3C)C1(C)C. The lowest BCUT2D eigenvalue weighted by atomic mass is 9.59. The van der Waals surface area contributed by atoms with Gasteiger partial charge in [-0.1, -0.05) is 32.9 Å². The maximum absolute atomic E-state index is 14.0. The first-order chi connectivity index (χ1) is 12.2. The zero-order chi connectivity index (χ0) is 18.6. The Morgan fingerprint density at radius 2 is 2.08 bits per heavy atom. The molecule has 1 radical (unpaired) electrons. The molecule has 2 saturated carbocycles. The molecule has 26 heavy (non-hydrogen) atoms. The van der Waals surface area contributed by atoms with Crippen molar-refractivity contribution in [1.82, 2.24) is 0 Å². The molecule has 2 bridgehead atoms. The molecule has 3 fully saturated rings. The molecule has 1 heterocycles. The van der Waals surface area contributed by atoms with Crippen molar-refractivity contribution in [2.24, 2.45) is 34.5 Å². The third-order valence-electron chi connectivity index (χ3n) is 8.23. The number of carbonyl (C=O) groups excluding carboxylic acids is 1. The highest BCUT2D eigenvalue weighted by atomic mass is 16.6. The summed E-state index contributed by atoms with van der Waals surface area (Å²) in [6, 6.07) is 0. The first-order valence-electron chi connectivity index (χ1n) is 9.60.